The van der Waals surface area contributed by atoms with Crippen LogP contribution < -0.4 is 5.32 Å². The van der Waals surface area contributed by atoms with E-state index in [1.807, 2.05) is 42.3 Å². The highest BCUT2D eigenvalue weighted by molar-refractivity contribution is 5.91. The lowest BCUT2D eigenvalue weighted by molar-refractivity contribution is -0.116. The van der Waals surface area contributed by atoms with Gasteiger partial charge in [0, 0.05) is 19.5 Å². The number of nitrogens with one attached hydrogen (secondary N) is 1. The van der Waals surface area contributed by atoms with Crippen LogP contribution in [-0.4, -0.2) is 24.4 Å². The van der Waals surface area contributed by atoms with Crippen molar-refractivity contribution < 1.29 is 13.6 Å². The standard InChI is InChI=1S/C17H18F2N2O/c1-21(12-13-6-3-2-4-7-13)11-10-16(22)20-17-14(18)8-5-9-15(17)19/h2-9H,10-12H2,1H3,(H,20,22). The number of amides is 1. The number of anilines is 1. The molecular weight excluding hydrogens is 286 g/mol. The first kappa shape index (κ1) is 16.1. The average molecular weight is 304 g/mol. The van der Waals surface area contributed by atoms with Crippen LogP contribution in [0.4, 0.5) is 14.5 Å². The van der Waals surface area contributed by atoms with Gasteiger partial charge in [-0.25, -0.2) is 8.78 Å². The largest absolute Gasteiger partial charge is 0.321 e. The third-order valence-corrected chi connectivity index (χ3v) is 3.24. The molecule has 2 aromatic rings. The van der Waals surface area contributed by atoms with Gasteiger partial charge in [-0.15, -0.1) is 0 Å². The molecule has 116 valence electrons. The van der Waals surface area contributed by atoms with Crippen LogP contribution in [0.2, 0.25) is 0 Å². The van der Waals surface area contributed by atoms with Crippen LogP contribution in [0.3, 0.4) is 0 Å². The molecule has 0 saturated carbocycles. The van der Waals surface area contributed by atoms with Crippen molar-refractivity contribution in [2.24, 2.45) is 0 Å². The van der Waals surface area contributed by atoms with Crippen molar-refractivity contribution in [1.82, 2.24) is 4.90 Å². The van der Waals surface area contributed by atoms with Crippen LogP contribution in [0.15, 0.2) is 48.5 Å². The van der Waals surface area contributed by atoms with E-state index in [0.717, 1.165) is 17.7 Å². The monoisotopic (exact) mass is 304 g/mol. The van der Waals surface area contributed by atoms with Crippen LogP contribution in [-0.2, 0) is 11.3 Å². The van der Waals surface area contributed by atoms with Gasteiger partial charge in [0.2, 0.25) is 5.91 Å². The molecule has 0 aliphatic rings. The Morgan fingerprint density at radius 2 is 1.68 bits per heavy atom. The molecule has 0 aliphatic carbocycles. The lowest BCUT2D eigenvalue weighted by Gasteiger charge is -2.16. The van der Waals surface area contributed by atoms with Crippen LogP contribution >= 0.6 is 0 Å². The highest BCUT2D eigenvalue weighted by atomic mass is 19.1. The zero-order valence-electron chi connectivity index (χ0n) is 12.4. The van der Waals surface area contributed by atoms with Gasteiger partial charge in [-0.1, -0.05) is 36.4 Å². The van der Waals surface area contributed by atoms with Gasteiger partial charge in [-0.2, -0.15) is 0 Å². The molecule has 0 atom stereocenters. The summed E-state index contributed by atoms with van der Waals surface area (Å²) in [7, 11) is 1.89. The Balaban J connectivity index is 1.83. The van der Waals surface area contributed by atoms with Gasteiger partial charge in [0.1, 0.15) is 17.3 Å². The van der Waals surface area contributed by atoms with Crippen molar-refractivity contribution in [2.75, 3.05) is 18.9 Å². The summed E-state index contributed by atoms with van der Waals surface area (Å²) < 4.78 is 26.9. The molecule has 0 aliphatic heterocycles. The molecule has 0 aromatic heterocycles. The minimum atomic E-state index is -0.772. The van der Waals surface area contributed by atoms with Crippen LogP contribution in [0.25, 0.3) is 0 Å². The Kier molecular flexibility index (Phi) is 5.61. The first-order valence-corrected chi connectivity index (χ1v) is 7.02. The second kappa shape index (κ2) is 7.66. The van der Waals surface area contributed by atoms with Gasteiger partial charge in [-0.3, -0.25) is 4.79 Å². The van der Waals surface area contributed by atoms with Crippen LogP contribution in [0.1, 0.15) is 12.0 Å². The number of carbonyl (C=O) groups is 1. The summed E-state index contributed by atoms with van der Waals surface area (Å²) in [6.07, 6.45) is 0.164. The molecule has 0 fully saturated rings. The second-order valence-electron chi connectivity index (χ2n) is 5.12. The molecule has 5 heteroatoms. The zero-order valence-corrected chi connectivity index (χ0v) is 12.4. The van der Waals surface area contributed by atoms with Crippen LogP contribution in [0, 0.1) is 11.6 Å². The number of hydrogen-bond acceptors (Lipinski definition) is 2. The summed E-state index contributed by atoms with van der Waals surface area (Å²) in [5.41, 5.74) is 0.753. The first-order valence-electron chi connectivity index (χ1n) is 7.02. The molecule has 0 unspecified atom stereocenters. The van der Waals surface area contributed by atoms with Gasteiger partial charge >= 0.3 is 0 Å². The molecule has 0 heterocycles. The van der Waals surface area contributed by atoms with E-state index in [-0.39, 0.29) is 6.42 Å². The quantitative estimate of drug-likeness (QED) is 0.887. The van der Waals surface area contributed by atoms with Crippen LogP contribution in [0.5, 0.6) is 0 Å². The fourth-order valence-electron chi connectivity index (χ4n) is 2.09. The van der Waals surface area contributed by atoms with E-state index in [1.54, 1.807) is 0 Å². The number of rotatable bonds is 6. The molecular formula is C17H18F2N2O. The van der Waals surface area contributed by atoms with Crippen molar-refractivity contribution in [2.45, 2.75) is 13.0 Å². The molecule has 0 saturated heterocycles. The van der Waals surface area contributed by atoms with Crippen molar-refractivity contribution in [3.8, 4) is 0 Å². The maximum absolute atomic E-state index is 13.4. The fraction of sp³-hybridized carbons (Fsp3) is 0.235. The topological polar surface area (TPSA) is 32.3 Å². The summed E-state index contributed by atoms with van der Waals surface area (Å²) >= 11 is 0. The van der Waals surface area contributed by atoms with Crippen molar-refractivity contribution in [3.63, 3.8) is 0 Å². The Morgan fingerprint density at radius 3 is 2.32 bits per heavy atom. The average Bonchev–Trinajstić information content (AvgIpc) is 2.50. The minimum Gasteiger partial charge on any atom is -0.321 e. The molecule has 2 aromatic carbocycles. The number of nitrogens with zero attached hydrogens (tertiary/aromatic N) is 1. The van der Waals surface area contributed by atoms with Gasteiger partial charge < -0.3 is 10.2 Å². The lowest BCUT2D eigenvalue weighted by atomic mass is 10.2. The molecule has 1 N–H and O–H groups in total. The van der Waals surface area contributed by atoms with Crippen molar-refractivity contribution in [1.29, 1.82) is 0 Å². The first-order chi connectivity index (χ1) is 10.6. The maximum Gasteiger partial charge on any atom is 0.225 e. The summed E-state index contributed by atoms with van der Waals surface area (Å²) in [4.78, 5) is 13.8. The highest BCUT2D eigenvalue weighted by Crippen LogP contribution is 2.18. The zero-order chi connectivity index (χ0) is 15.9. The molecule has 0 spiro atoms. The second-order valence-corrected chi connectivity index (χ2v) is 5.12. The molecule has 22 heavy (non-hydrogen) atoms. The predicted octanol–water partition coefficient (Wildman–Crippen LogP) is 3.43. The van der Waals surface area contributed by atoms with Gasteiger partial charge in [0.15, 0.2) is 0 Å². The Labute approximate surface area is 128 Å². The van der Waals surface area contributed by atoms with E-state index in [4.69, 9.17) is 0 Å². The number of benzene rings is 2. The minimum absolute atomic E-state index is 0.164. The smallest absolute Gasteiger partial charge is 0.225 e. The molecule has 0 radical (unpaired) electrons. The summed E-state index contributed by atoms with van der Waals surface area (Å²) in [6.45, 7) is 1.21. The number of para-hydroxylation sites is 1. The third kappa shape index (κ3) is 4.63. The van der Waals surface area contributed by atoms with Gasteiger partial charge in [0.05, 0.1) is 0 Å². The van der Waals surface area contributed by atoms with E-state index in [0.29, 0.717) is 13.1 Å². The van der Waals surface area contributed by atoms with Crippen molar-refractivity contribution >= 4 is 11.6 Å². The van der Waals surface area contributed by atoms with E-state index in [9.17, 15) is 13.6 Å². The van der Waals surface area contributed by atoms with Gasteiger partial charge in [-0.05, 0) is 24.7 Å². The SMILES string of the molecule is CN(CCC(=O)Nc1c(F)cccc1F)Cc1ccccc1. The summed E-state index contributed by atoms with van der Waals surface area (Å²) in [5, 5.41) is 2.28. The molecule has 1 amide bonds. The molecule has 2 rings (SSSR count). The van der Waals surface area contributed by atoms with E-state index in [2.05, 4.69) is 5.32 Å². The van der Waals surface area contributed by atoms with E-state index in [1.165, 1.54) is 6.07 Å². The third-order valence-electron chi connectivity index (χ3n) is 3.24. The van der Waals surface area contributed by atoms with E-state index >= 15 is 0 Å². The van der Waals surface area contributed by atoms with Crippen molar-refractivity contribution in [3.05, 3.63) is 65.7 Å². The number of hydrogen-bond donors (Lipinski definition) is 1. The van der Waals surface area contributed by atoms with E-state index < -0.39 is 23.2 Å². The lowest BCUT2D eigenvalue weighted by Crippen LogP contribution is -2.24. The molecule has 0 bridgehead atoms. The normalized spacial score (nSPS) is 10.7. The maximum atomic E-state index is 13.4. The number of halogens is 2. The summed E-state index contributed by atoms with van der Waals surface area (Å²) in [5.74, 6) is -1.96. The van der Waals surface area contributed by atoms with Gasteiger partial charge in [0.25, 0.3) is 0 Å². The predicted molar refractivity (Wildman–Crippen MR) is 82.4 cm³/mol. The Morgan fingerprint density at radius 1 is 1.05 bits per heavy atom. The molecule has 3 nitrogen and oxygen atoms in total. The summed E-state index contributed by atoms with van der Waals surface area (Å²) in [6, 6.07) is 13.3. The Hall–Kier alpha value is -2.27. The highest BCUT2D eigenvalue weighted by Gasteiger charge is 2.12. The Bertz CT molecular complexity index is 612. The number of carbonyl (C=O) groups excluding carboxylic acids is 1. The fourth-order valence-corrected chi connectivity index (χ4v) is 2.09.